The fourth-order valence-corrected chi connectivity index (χ4v) is 6.25. The standard InChI is InChI=1S/C37H55N3O9/c1-37(2,3)49-36(43)40-23-34(48-26-28-10-13-33-32(20-28)39(15-17-47-33)14-7-16-44-5)31(21-30(40)22-38(4)35(42)24-41)29-11-8-27(9-12-29)25-46-19-18-45-6/h8-13,20,30-31,34,41H,7,14-19,21-26H2,1-6H3/t30-,31-,34+/m1/s1. The molecule has 3 atom stereocenters. The number of ether oxygens (including phenoxy) is 6. The van der Waals surface area contributed by atoms with Crippen molar-refractivity contribution in [1.82, 2.24) is 9.80 Å². The highest BCUT2D eigenvalue weighted by Crippen LogP contribution is 2.37. The first-order valence-corrected chi connectivity index (χ1v) is 17.1. The third-order valence-electron chi connectivity index (χ3n) is 8.80. The number of hydrogen-bond acceptors (Lipinski definition) is 10. The van der Waals surface area contributed by atoms with Gasteiger partial charge in [0.1, 0.15) is 24.6 Å². The van der Waals surface area contributed by atoms with Gasteiger partial charge in [-0.3, -0.25) is 4.79 Å². The summed E-state index contributed by atoms with van der Waals surface area (Å²) in [7, 11) is 5.00. The number of hydrogen-bond donors (Lipinski definition) is 1. The van der Waals surface area contributed by atoms with Gasteiger partial charge in [0.2, 0.25) is 5.91 Å². The lowest BCUT2D eigenvalue weighted by Gasteiger charge is -2.45. The van der Waals surface area contributed by atoms with Crippen molar-refractivity contribution in [3.8, 4) is 5.75 Å². The zero-order valence-corrected chi connectivity index (χ0v) is 30.0. The van der Waals surface area contributed by atoms with Crippen molar-refractivity contribution in [1.29, 1.82) is 0 Å². The van der Waals surface area contributed by atoms with Crippen molar-refractivity contribution in [2.75, 3.05) is 85.4 Å². The summed E-state index contributed by atoms with van der Waals surface area (Å²) in [5, 5.41) is 9.52. The topological polar surface area (TPSA) is 119 Å². The SMILES string of the molecule is COCCCN1CCOc2ccc(CO[C@H]3CN(C(=O)OC(C)(C)C)[C@@H](CN(C)C(=O)CO)C[C@@H]3c3ccc(COCCOC)cc3)cc21. The van der Waals surface area contributed by atoms with E-state index in [9.17, 15) is 14.7 Å². The molecule has 49 heavy (non-hydrogen) atoms. The predicted molar refractivity (Wildman–Crippen MR) is 186 cm³/mol. The van der Waals surface area contributed by atoms with Crippen LogP contribution in [0.1, 0.15) is 56.2 Å². The monoisotopic (exact) mass is 685 g/mol. The lowest BCUT2D eigenvalue weighted by Crippen LogP contribution is -2.57. The Kier molecular flexibility index (Phi) is 14.5. The van der Waals surface area contributed by atoms with Crippen molar-refractivity contribution in [2.45, 2.75) is 70.5 Å². The Bertz CT molecular complexity index is 1330. The van der Waals surface area contributed by atoms with Crippen molar-refractivity contribution >= 4 is 17.7 Å². The number of amides is 2. The quantitative estimate of drug-likeness (QED) is 0.258. The summed E-state index contributed by atoms with van der Waals surface area (Å²) >= 11 is 0. The van der Waals surface area contributed by atoms with Gasteiger partial charge >= 0.3 is 6.09 Å². The Morgan fingerprint density at radius 2 is 1.73 bits per heavy atom. The second-order valence-electron chi connectivity index (χ2n) is 13.7. The summed E-state index contributed by atoms with van der Waals surface area (Å²) in [4.78, 5) is 31.5. The number of fused-ring (bicyclic) bond motifs is 1. The molecule has 2 aromatic carbocycles. The molecule has 1 N–H and O–H groups in total. The number of benzene rings is 2. The summed E-state index contributed by atoms with van der Waals surface area (Å²) in [6.07, 6.45) is 0.619. The maximum atomic E-state index is 13.6. The first-order valence-electron chi connectivity index (χ1n) is 17.1. The van der Waals surface area contributed by atoms with Gasteiger partial charge in [0, 0.05) is 46.9 Å². The molecular weight excluding hydrogens is 630 g/mol. The molecule has 0 aromatic heterocycles. The second kappa shape index (κ2) is 18.5. The van der Waals surface area contributed by atoms with Gasteiger partial charge in [-0.2, -0.15) is 0 Å². The van der Waals surface area contributed by atoms with Crippen LogP contribution in [0.15, 0.2) is 42.5 Å². The van der Waals surface area contributed by atoms with Crippen molar-refractivity contribution in [2.24, 2.45) is 0 Å². The van der Waals surface area contributed by atoms with Gasteiger partial charge in [0.15, 0.2) is 0 Å². The largest absolute Gasteiger partial charge is 0.490 e. The van der Waals surface area contributed by atoms with Gasteiger partial charge < -0.3 is 48.2 Å². The number of piperidine rings is 1. The number of aliphatic hydroxyl groups is 1. The van der Waals surface area contributed by atoms with Crippen molar-refractivity contribution < 1.29 is 43.1 Å². The van der Waals surface area contributed by atoms with Crippen molar-refractivity contribution in [3.05, 3.63) is 59.2 Å². The Morgan fingerprint density at radius 1 is 1.00 bits per heavy atom. The molecule has 2 heterocycles. The van der Waals surface area contributed by atoms with E-state index in [0.717, 1.165) is 47.6 Å². The molecule has 0 unspecified atom stereocenters. The van der Waals surface area contributed by atoms with E-state index in [4.69, 9.17) is 28.4 Å². The molecule has 0 saturated carbocycles. The number of nitrogens with zero attached hydrogens (tertiary/aromatic N) is 3. The van der Waals surface area contributed by atoms with Crippen LogP contribution in [0.5, 0.6) is 5.75 Å². The number of likely N-dealkylation sites (tertiary alicyclic amines) is 1. The van der Waals surface area contributed by atoms with E-state index in [1.807, 2.05) is 32.9 Å². The number of aliphatic hydroxyl groups excluding tert-OH is 1. The molecule has 0 radical (unpaired) electrons. The molecular formula is C37H55N3O9. The second-order valence-corrected chi connectivity index (χ2v) is 13.7. The predicted octanol–water partition coefficient (Wildman–Crippen LogP) is 4.21. The van der Waals surface area contributed by atoms with E-state index in [1.54, 1.807) is 26.2 Å². The lowest BCUT2D eigenvalue weighted by atomic mass is 9.82. The van der Waals surface area contributed by atoms with Crippen LogP contribution >= 0.6 is 0 Å². The van der Waals surface area contributed by atoms with Crippen LogP contribution in [0, 0.1) is 0 Å². The number of carbonyl (C=O) groups is 2. The third-order valence-corrected chi connectivity index (χ3v) is 8.80. The highest BCUT2D eigenvalue weighted by atomic mass is 16.6. The average molecular weight is 686 g/mol. The van der Waals surface area contributed by atoms with Gasteiger partial charge in [-0.05, 0) is 62.4 Å². The number of likely N-dealkylation sites (N-methyl/N-ethyl adjacent to an activating group) is 1. The lowest BCUT2D eigenvalue weighted by molar-refractivity contribution is -0.134. The van der Waals surface area contributed by atoms with E-state index in [0.29, 0.717) is 46.1 Å². The molecule has 2 amide bonds. The van der Waals surface area contributed by atoms with Gasteiger partial charge in [-0.15, -0.1) is 0 Å². The minimum Gasteiger partial charge on any atom is -0.490 e. The molecule has 1 saturated heterocycles. The maximum absolute atomic E-state index is 13.6. The van der Waals surface area contributed by atoms with Crippen LogP contribution in [-0.4, -0.2) is 125 Å². The zero-order chi connectivity index (χ0) is 35.4. The van der Waals surface area contributed by atoms with E-state index in [1.165, 1.54) is 4.90 Å². The van der Waals surface area contributed by atoms with Crippen LogP contribution in [0.2, 0.25) is 0 Å². The summed E-state index contributed by atoms with van der Waals surface area (Å²) in [6, 6.07) is 14.1. The van der Waals surface area contributed by atoms with E-state index >= 15 is 0 Å². The van der Waals surface area contributed by atoms with Crippen LogP contribution in [0.3, 0.4) is 0 Å². The Morgan fingerprint density at radius 3 is 2.43 bits per heavy atom. The smallest absolute Gasteiger partial charge is 0.410 e. The number of anilines is 1. The Balaban J connectivity index is 1.60. The third kappa shape index (κ3) is 11.3. The van der Waals surface area contributed by atoms with E-state index in [2.05, 4.69) is 35.2 Å². The first-order chi connectivity index (χ1) is 23.5. The number of rotatable bonds is 16. The van der Waals surface area contributed by atoms with Crippen LogP contribution < -0.4 is 9.64 Å². The summed E-state index contributed by atoms with van der Waals surface area (Å²) in [5.74, 6) is 0.357. The van der Waals surface area contributed by atoms with Crippen LogP contribution in [-0.2, 0) is 41.7 Å². The first kappa shape index (κ1) is 38.4. The van der Waals surface area contributed by atoms with Crippen LogP contribution in [0.25, 0.3) is 0 Å². The van der Waals surface area contributed by atoms with Gasteiger partial charge in [0.05, 0.1) is 57.4 Å². The molecule has 272 valence electrons. The summed E-state index contributed by atoms with van der Waals surface area (Å²) < 4.78 is 34.6. The van der Waals surface area contributed by atoms with Gasteiger partial charge in [-0.1, -0.05) is 30.3 Å². The molecule has 0 aliphatic carbocycles. The van der Waals surface area contributed by atoms with Gasteiger partial charge in [0.25, 0.3) is 0 Å². The van der Waals surface area contributed by atoms with Gasteiger partial charge in [-0.25, -0.2) is 4.79 Å². The maximum Gasteiger partial charge on any atom is 0.410 e. The summed E-state index contributed by atoms with van der Waals surface area (Å²) in [6.45, 7) is 10.3. The Labute approximate surface area is 291 Å². The molecule has 2 aliphatic rings. The van der Waals surface area contributed by atoms with E-state index in [-0.39, 0.29) is 31.2 Å². The highest BCUT2D eigenvalue weighted by molar-refractivity contribution is 5.77. The van der Waals surface area contributed by atoms with Crippen LogP contribution in [0.4, 0.5) is 10.5 Å². The number of methoxy groups -OCH3 is 2. The number of carbonyl (C=O) groups excluding carboxylic acids is 2. The molecule has 4 rings (SSSR count). The zero-order valence-electron chi connectivity index (χ0n) is 30.0. The van der Waals surface area contributed by atoms with E-state index < -0.39 is 24.2 Å². The molecule has 0 bridgehead atoms. The highest BCUT2D eigenvalue weighted by Gasteiger charge is 2.41. The minimum atomic E-state index is -0.705. The van der Waals surface area contributed by atoms with Crippen molar-refractivity contribution in [3.63, 3.8) is 0 Å². The fraction of sp³-hybridized carbons (Fsp3) is 0.622. The summed E-state index contributed by atoms with van der Waals surface area (Å²) in [5.41, 5.74) is 3.45. The minimum absolute atomic E-state index is 0.0868. The molecule has 1 fully saturated rings. The normalized spacial score (nSPS) is 19.3. The Hall–Kier alpha value is -3.42. The molecule has 12 nitrogen and oxygen atoms in total. The molecule has 2 aliphatic heterocycles. The molecule has 0 spiro atoms. The fourth-order valence-electron chi connectivity index (χ4n) is 6.25. The molecule has 2 aromatic rings. The average Bonchev–Trinajstić information content (AvgIpc) is 3.08. The molecule has 12 heteroatoms.